The lowest BCUT2D eigenvalue weighted by atomic mass is 10.2. The van der Waals surface area contributed by atoms with Crippen molar-refractivity contribution in [3.05, 3.63) is 63.5 Å². The molecule has 0 saturated carbocycles. The summed E-state index contributed by atoms with van der Waals surface area (Å²) in [7, 11) is 1.54. The molecule has 1 amide bonds. The Kier molecular flexibility index (Phi) is 4.66. The number of aromatic amines is 1. The molecular weight excluding hydrogens is 378 g/mol. The molecule has 0 aliphatic rings. The molecule has 4 aromatic rings. The van der Waals surface area contributed by atoms with E-state index in [2.05, 4.69) is 20.6 Å². The first-order chi connectivity index (χ1) is 13.5. The molecule has 1 aromatic carbocycles. The maximum absolute atomic E-state index is 12.6. The van der Waals surface area contributed by atoms with Crippen LogP contribution in [0, 0.1) is 6.92 Å². The summed E-state index contributed by atoms with van der Waals surface area (Å²) in [6.07, 6.45) is -0.0596. The van der Waals surface area contributed by atoms with E-state index >= 15 is 0 Å². The van der Waals surface area contributed by atoms with Crippen molar-refractivity contribution in [3.8, 4) is 16.3 Å². The minimum atomic E-state index is -0.361. The van der Waals surface area contributed by atoms with Gasteiger partial charge in [0.25, 0.3) is 5.56 Å². The van der Waals surface area contributed by atoms with E-state index in [0.717, 1.165) is 10.4 Å². The molecule has 0 fully saturated rings. The quantitative estimate of drug-likeness (QED) is 0.541. The average Bonchev–Trinajstić information content (AvgIpc) is 3.34. The van der Waals surface area contributed by atoms with Gasteiger partial charge >= 0.3 is 0 Å². The standard InChI is InChI=1S/C19H17N5O3S/c1-11-5-6-15(27-2)12(8-11)20-18(25)10-17-21-22-19(26)14-9-13(23-24(14)17)16-4-3-7-28-16/h3-9H,10H2,1-2H3,(H,20,25)(H,22,26). The molecule has 9 heteroatoms. The topological polar surface area (TPSA) is 101 Å². The summed E-state index contributed by atoms with van der Waals surface area (Å²) in [5.74, 6) is 0.608. The van der Waals surface area contributed by atoms with Crippen molar-refractivity contribution in [2.45, 2.75) is 13.3 Å². The highest BCUT2D eigenvalue weighted by Crippen LogP contribution is 2.26. The van der Waals surface area contributed by atoms with E-state index in [1.54, 1.807) is 19.2 Å². The highest BCUT2D eigenvalue weighted by atomic mass is 32.1. The molecule has 142 valence electrons. The maximum Gasteiger partial charge on any atom is 0.290 e. The third kappa shape index (κ3) is 3.39. The van der Waals surface area contributed by atoms with Gasteiger partial charge in [0.05, 0.1) is 24.1 Å². The molecule has 0 bridgehead atoms. The van der Waals surface area contributed by atoms with Gasteiger partial charge in [-0.2, -0.15) is 10.2 Å². The normalized spacial score (nSPS) is 10.9. The number of rotatable bonds is 5. The second kappa shape index (κ2) is 7.28. The van der Waals surface area contributed by atoms with Gasteiger partial charge in [0.2, 0.25) is 5.91 Å². The Balaban J connectivity index is 1.65. The number of H-pyrrole nitrogens is 1. The van der Waals surface area contributed by atoms with E-state index in [1.165, 1.54) is 15.9 Å². The van der Waals surface area contributed by atoms with Crippen molar-refractivity contribution in [2.24, 2.45) is 0 Å². The summed E-state index contributed by atoms with van der Waals surface area (Å²) >= 11 is 1.52. The number of hydrogen-bond donors (Lipinski definition) is 2. The summed E-state index contributed by atoms with van der Waals surface area (Å²) in [4.78, 5) is 25.6. The van der Waals surface area contributed by atoms with Crippen molar-refractivity contribution in [2.75, 3.05) is 12.4 Å². The predicted octanol–water partition coefficient (Wildman–Crippen LogP) is 2.64. The molecule has 0 aliphatic heterocycles. The number of fused-ring (bicyclic) bond motifs is 1. The van der Waals surface area contributed by atoms with Crippen molar-refractivity contribution in [3.63, 3.8) is 0 Å². The Morgan fingerprint density at radius 2 is 2.18 bits per heavy atom. The van der Waals surface area contributed by atoms with Gasteiger partial charge in [0.1, 0.15) is 17.0 Å². The second-order valence-electron chi connectivity index (χ2n) is 6.20. The van der Waals surface area contributed by atoms with Crippen LogP contribution >= 0.6 is 11.3 Å². The first kappa shape index (κ1) is 17.9. The van der Waals surface area contributed by atoms with E-state index in [0.29, 0.717) is 28.5 Å². The van der Waals surface area contributed by atoms with Gasteiger partial charge in [-0.1, -0.05) is 12.1 Å². The van der Waals surface area contributed by atoms with Crippen LogP contribution in [0.1, 0.15) is 11.4 Å². The van der Waals surface area contributed by atoms with Gasteiger partial charge in [-0.15, -0.1) is 11.3 Å². The third-order valence-electron chi connectivity index (χ3n) is 4.19. The van der Waals surface area contributed by atoms with Crippen LogP contribution in [0.2, 0.25) is 0 Å². The van der Waals surface area contributed by atoms with E-state index in [1.807, 2.05) is 36.6 Å². The number of thiophene rings is 1. The Morgan fingerprint density at radius 1 is 1.32 bits per heavy atom. The number of aromatic nitrogens is 4. The third-order valence-corrected chi connectivity index (χ3v) is 5.09. The predicted molar refractivity (Wildman–Crippen MR) is 107 cm³/mol. The number of ether oxygens (including phenoxy) is 1. The first-order valence-corrected chi connectivity index (χ1v) is 9.39. The first-order valence-electron chi connectivity index (χ1n) is 8.51. The van der Waals surface area contributed by atoms with Crippen LogP contribution in [0.25, 0.3) is 16.1 Å². The zero-order valence-electron chi connectivity index (χ0n) is 15.2. The molecule has 0 radical (unpaired) electrons. The van der Waals surface area contributed by atoms with Gasteiger partial charge in [-0.05, 0) is 42.1 Å². The van der Waals surface area contributed by atoms with E-state index in [9.17, 15) is 9.59 Å². The number of benzene rings is 1. The van der Waals surface area contributed by atoms with Crippen LogP contribution < -0.4 is 15.6 Å². The van der Waals surface area contributed by atoms with Crippen LogP contribution in [0.15, 0.2) is 46.6 Å². The Hall–Kier alpha value is -3.46. The van der Waals surface area contributed by atoms with Gasteiger partial charge in [-0.25, -0.2) is 9.61 Å². The number of aryl methyl sites for hydroxylation is 1. The van der Waals surface area contributed by atoms with Crippen LogP contribution in [-0.4, -0.2) is 32.8 Å². The largest absolute Gasteiger partial charge is 0.495 e. The molecule has 28 heavy (non-hydrogen) atoms. The van der Waals surface area contributed by atoms with Crippen LogP contribution in [0.4, 0.5) is 5.69 Å². The number of nitrogens with zero attached hydrogens (tertiary/aromatic N) is 3. The smallest absolute Gasteiger partial charge is 0.290 e. The summed E-state index contributed by atoms with van der Waals surface area (Å²) in [5, 5.41) is 15.7. The van der Waals surface area contributed by atoms with Gasteiger partial charge in [0, 0.05) is 0 Å². The number of carbonyl (C=O) groups is 1. The van der Waals surface area contributed by atoms with Crippen molar-refractivity contribution < 1.29 is 9.53 Å². The van der Waals surface area contributed by atoms with Crippen molar-refractivity contribution in [1.82, 2.24) is 19.8 Å². The number of anilines is 1. The molecule has 3 heterocycles. The van der Waals surface area contributed by atoms with Crippen LogP contribution in [0.5, 0.6) is 5.75 Å². The van der Waals surface area contributed by atoms with Gasteiger partial charge in [-0.3, -0.25) is 9.59 Å². The fraction of sp³-hybridized carbons (Fsp3) is 0.158. The second-order valence-corrected chi connectivity index (χ2v) is 7.15. The lowest BCUT2D eigenvalue weighted by molar-refractivity contribution is -0.115. The summed E-state index contributed by atoms with van der Waals surface area (Å²) < 4.78 is 6.71. The molecule has 0 spiro atoms. The minimum absolute atomic E-state index is 0.0596. The van der Waals surface area contributed by atoms with E-state index < -0.39 is 0 Å². The Bertz CT molecular complexity index is 1210. The molecular formula is C19H17N5O3S. The molecule has 3 aromatic heterocycles. The highest BCUT2D eigenvalue weighted by Gasteiger charge is 2.16. The fourth-order valence-electron chi connectivity index (χ4n) is 2.88. The average molecular weight is 395 g/mol. The number of nitrogens with one attached hydrogen (secondary N) is 2. The number of hydrogen-bond acceptors (Lipinski definition) is 6. The zero-order valence-corrected chi connectivity index (χ0v) is 16.0. The molecule has 0 saturated heterocycles. The van der Waals surface area contributed by atoms with Gasteiger partial charge in [0.15, 0.2) is 5.82 Å². The maximum atomic E-state index is 12.6. The Labute approximate surface area is 163 Å². The molecule has 0 unspecified atom stereocenters. The lowest BCUT2D eigenvalue weighted by Gasteiger charge is -2.11. The zero-order chi connectivity index (χ0) is 19.7. The van der Waals surface area contributed by atoms with Gasteiger partial charge < -0.3 is 10.1 Å². The summed E-state index contributed by atoms with van der Waals surface area (Å²) in [6.45, 7) is 1.93. The highest BCUT2D eigenvalue weighted by molar-refractivity contribution is 7.13. The Morgan fingerprint density at radius 3 is 2.93 bits per heavy atom. The molecule has 0 aliphatic carbocycles. The molecule has 0 atom stereocenters. The number of carbonyl (C=O) groups excluding carboxylic acids is 1. The van der Waals surface area contributed by atoms with Crippen molar-refractivity contribution >= 4 is 28.4 Å². The fourth-order valence-corrected chi connectivity index (χ4v) is 3.56. The van der Waals surface area contributed by atoms with Crippen LogP contribution in [0.3, 0.4) is 0 Å². The molecule has 2 N–H and O–H groups in total. The number of methoxy groups -OCH3 is 1. The number of amides is 1. The van der Waals surface area contributed by atoms with E-state index in [4.69, 9.17) is 4.74 Å². The lowest BCUT2D eigenvalue weighted by Crippen LogP contribution is -2.22. The summed E-state index contributed by atoms with van der Waals surface area (Å²) in [5.41, 5.74) is 2.21. The van der Waals surface area contributed by atoms with Crippen LogP contribution in [-0.2, 0) is 11.2 Å². The molecule has 8 nitrogen and oxygen atoms in total. The summed E-state index contributed by atoms with van der Waals surface area (Å²) in [6, 6.07) is 11.0. The SMILES string of the molecule is COc1ccc(C)cc1NC(=O)Cc1n[nH]c(=O)c2cc(-c3cccs3)nn12. The monoisotopic (exact) mass is 395 g/mol. The van der Waals surface area contributed by atoms with Crippen molar-refractivity contribution in [1.29, 1.82) is 0 Å². The molecule has 4 rings (SSSR count). The minimum Gasteiger partial charge on any atom is -0.495 e. The van der Waals surface area contributed by atoms with E-state index in [-0.39, 0.29) is 17.9 Å².